The topological polar surface area (TPSA) is 38.1 Å². The highest BCUT2D eigenvalue weighted by atomic mass is 32.2. The van der Waals surface area contributed by atoms with E-state index in [-0.39, 0.29) is 0 Å². The Morgan fingerprint density at radius 2 is 1.52 bits per heavy atom. The summed E-state index contributed by atoms with van der Waals surface area (Å²) in [6.07, 6.45) is -0.443. The summed E-state index contributed by atoms with van der Waals surface area (Å²) < 4.78 is 4.43. The molecule has 1 unspecified atom stereocenters. The van der Waals surface area contributed by atoms with E-state index >= 15 is 0 Å². The zero-order valence-electron chi connectivity index (χ0n) is 14.6. The van der Waals surface area contributed by atoms with Crippen LogP contribution in [0.15, 0.2) is 77.1 Å². The van der Waals surface area contributed by atoms with Crippen LogP contribution in [0.1, 0.15) is 0 Å². The molecule has 2 heterocycles. The summed E-state index contributed by atoms with van der Waals surface area (Å²) in [4.78, 5) is 4.65. The van der Waals surface area contributed by atoms with Gasteiger partial charge < -0.3 is 9.67 Å². The Morgan fingerprint density at radius 3 is 2.22 bits per heavy atom. The van der Waals surface area contributed by atoms with Crippen molar-refractivity contribution in [1.82, 2.24) is 9.55 Å². The minimum absolute atomic E-state index is 0.443. The van der Waals surface area contributed by atoms with E-state index < -0.39 is 6.10 Å². The van der Waals surface area contributed by atoms with Crippen LogP contribution in [-0.4, -0.2) is 26.5 Å². The van der Waals surface area contributed by atoms with Gasteiger partial charge >= 0.3 is 0 Å². The third-order valence-electron chi connectivity index (χ3n) is 4.75. The number of aliphatic hydroxyl groups excluding tert-OH is 1. The number of aromatic nitrogens is 2. The number of hydrogen-bond acceptors (Lipinski definition) is 4. The van der Waals surface area contributed by atoms with Crippen molar-refractivity contribution in [3.63, 3.8) is 0 Å². The largest absolute Gasteiger partial charge is 0.390 e. The normalized spacial score (nSPS) is 12.9. The van der Waals surface area contributed by atoms with E-state index in [1.54, 1.807) is 23.1 Å². The maximum absolute atomic E-state index is 10.7. The molecule has 0 aliphatic carbocycles. The third-order valence-corrected chi connectivity index (χ3v) is 7.07. The van der Waals surface area contributed by atoms with Gasteiger partial charge in [-0.15, -0.1) is 11.3 Å². The van der Waals surface area contributed by atoms with E-state index in [2.05, 4.69) is 64.1 Å². The number of nitrogens with zero attached hydrogens (tertiary/aromatic N) is 2. The van der Waals surface area contributed by atoms with Crippen molar-refractivity contribution in [2.24, 2.45) is 0 Å². The van der Waals surface area contributed by atoms with Gasteiger partial charge in [0.25, 0.3) is 0 Å². The minimum atomic E-state index is -0.443. The van der Waals surface area contributed by atoms with E-state index in [9.17, 15) is 5.11 Å². The molecule has 0 aliphatic heterocycles. The van der Waals surface area contributed by atoms with Crippen LogP contribution < -0.4 is 0 Å². The SMILES string of the molecule is OC(CSc1nc2ccccc2s1)Cn1c2ccccc2c2ccccc21. The molecule has 0 spiro atoms. The van der Waals surface area contributed by atoms with Gasteiger partial charge in [0.1, 0.15) is 0 Å². The molecule has 3 nitrogen and oxygen atoms in total. The molecule has 0 saturated heterocycles. The molecule has 134 valence electrons. The van der Waals surface area contributed by atoms with Crippen molar-refractivity contribution < 1.29 is 5.11 Å². The zero-order valence-corrected chi connectivity index (χ0v) is 16.2. The summed E-state index contributed by atoms with van der Waals surface area (Å²) in [7, 11) is 0. The number of thiazole rings is 1. The first kappa shape index (κ1) is 16.8. The van der Waals surface area contributed by atoms with Gasteiger partial charge in [-0.1, -0.05) is 60.3 Å². The number of aliphatic hydroxyl groups is 1. The van der Waals surface area contributed by atoms with Crippen molar-refractivity contribution >= 4 is 55.1 Å². The van der Waals surface area contributed by atoms with Crippen LogP contribution in [0.3, 0.4) is 0 Å². The van der Waals surface area contributed by atoms with Crippen LogP contribution in [0.25, 0.3) is 32.0 Å². The van der Waals surface area contributed by atoms with Crippen LogP contribution in [-0.2, 0) is 6.54 Å². The molecule has 0 radical (unpaired) electrons. The number of hydrogen-bond donors (Lipinski definition) is 1. The molecule has 3 aromatic carbocycles. The van der Waals surface area contributed by atoms with Crippen LogP contribution in [0.5, 0.6) is 0 Å². The molecule has 0 aliphatic rings. The second-order valence-corrected chi connectivity index (χ2v) is 8.86. The standard InChI is InChI=1S/C22H18N2OS2/c25-15(14-26-22-23-18-9-3-6-12-21(18)27-22)13-24-19-10-4-1-7-16(19)17-8-2-5-11-20(17)24/h1-12,15,25H,13-14H2. The minimum Gasteiger partial charge on any atom is -0.390 e. The molecule has 27 heavy (non-hydrogen) atoms. The second-order valence-electron chi connectivity index (χ2n) is 6.56. The highest BCUT2D eigenvalue weighted by Gasteiger charge is 2.14. The summed E-state index contributed by atoms with van der Waals surface area (Å²) >= 11 is 3.32. The highest BCUT2D eigenvalue weighted by Crippen LogP contribution is 2.31. The van der Waals surface area contributed by atoms with Crippen molar-refractivity contribution in [3.05, 3.63) is 72.8 Å². The maximum Gasteiger partial charge on any atom is 0.151 e. The third kappa shape index (κ3) is 3.12. The van der Waals surface area contributed by atoms with Crippen LogP contribution >= 0.6 is 23.1 Å². The molecule has 1 N–H and O–H groups in total. The molecule has 0 fully saturated rings. The lowest BCUT2D eigenvalue weighted by Crippen LogP contribution is -2.18. The lowest BCUT2D eigenvalue weighted by Gasteiger charge is -2.13. The van der Waals surface area contributed by atoms with Crippen LogP contribution in [0.2, 0.25) is 0 Å². The Labute approximate surface area is 165 Å². The number of para-hydroxylation sites is 3. The Hall–Kier alpha value is -2.34. The van der Waals surface area contributed by atoms with Gasteiger partial charge in [0.2, 0.25) is 0 Å². The number of thioether (sulfide) groups is 1. The molecule has 0 bridgehead atoms. The molecular weight excluding hydrogens is 372 g/mol. The van der Waals surface area contributed by atoms with Gasteiger partial charge in [-0.25, -0.2) is 4.98 Å². The van der Waals surface area contributed by atoms with Gasteiger partial charge in [-0.05, 0) is 24.3 Å². The quantitative estimate of drug-likeness (QED) is 0.399. The summed E-state index contributed by atoms with van der Waals surface area (Å²) in [6, 6.07) is 25.0. The van der Waals surface area contributed by atoms with Crippen molar-refractivity contribution in [2.45, 2.75) is 17.0 Å². The lowest BCUT2D eigenvalue weighted by molar-refractivity contribution is 0.181. The van der Waals surface area contributed by atoms with E-state index in [0.717, 1.165) is 9.86 Å². The van der Waals surface area contributed by atoms with Crippen LogP contribution in [0, 0.1) is 0 Å². The van der Waals surface area contributed by atoms with Crippen molar-refractivity contribution in [1.29, 1.82) is 0 Å². The monoisotopic (exact) mass is 390 g/mol. The second kappa shape index (κ2) is 7.00. The average molecular weight is 391 g/mol. The molecular formula is C22H18N2OS2. The van der Waals surface area contributed by atoms with E-state index in [4.69, 9.17) is 0 Å². The molecule has 5 rings (SSSR count). The van der Waals surface area contributed by atoms with Crippen molar-refractivity contribution in [3.8, 4) is 0 Å². The number of fused-ring (bicyclic) bond motifs is 4. The Bertz CT molecular complexity index is 1150. The van der Waals surface area contributed by atoms with E-state index in [0.29, 0.717) is 12.3 Å². The van der Waals surface area contributed by atoms with Gasteiger partial charge in [0, 0.05) is 27.6 Å². The Balaban J connectivity index is 1.39. The molecule has 5 heteroatoms. The van der Waals surface area contributed by atoms with E-state index in [1.807, 2.05) is 18.2 Å². The summed E-state index contributed by atoms with van der Waals surface area (Å²) in [6.45, 7) is 0.575. The fourth-order valence-electron chi connectivity index (χ4n) is 3.54. The molecule has 5 aromatic rings. The van der Waals surface area contributed by atoms with Gasteiger partial charge in [-0.3, -0.25) is 0 Å². The first-order valence-corrected chi connectivity index (χ1v) is 10.7. The first-order chi connectivity index (χ1) is 13.3. The highest BCUT2D eigenvalue weighted by molar-refractivity contribution is 8.01. The molecule has 2 aromatic heterocycles. The molecule has 0 saturated carbocycles. The predicted octanol–water partition coefficient (Wildman–Crippen LogP) is 5.56. The fraction of sp³-hybridized carbons (Fsp3) is 0.136. The van der Waals surface area contributed by atoms with Crippen molar-refractivity contribution in [2.75, 3.05) is 5.75 Å². The summed E-state index contributed by atoms with van der Waals surface area (Å²) in [5.74, 6) is 0.626. The smallest absolute Gasteiger partial charge is 0.151 e. The maximum atomic E-state index is 10.7. The van der Waals surface area contributed by atoms with Crippen LogP contribution in [0.4, 0.5) is 0 Å². The zero-order chi connectivity index (χ0) is 18.2. The molecule has 1 atom stereocenters. The first-order valence-electron chi connectivity index (χ1n) is 8.92. The Kier molecular flexibility index (Phi) is 4.36. The number of benzene rings is 3. The lowest BCUT2D eigenvalue weighted by atomic mass is 10.2. The summed E-state index contributed by atoms with van der Waals surface area (Å²) in [5, 5.41) is 13.2. The molecule has 0 amide bonds. The van der Waals surface area contributed by atoms with E-state index in [1.165, 1.54) is 26.5 Å². The Morgan fingerprint density at radius 1 is 0.889 bits per heavy atom. The predicted molar refractivity (Wildman–Crippen MR) is 116 cm³/mol. The average Bonchev–Trinajstić information content (AvgIpc) is 3.26. The number of rotatable bonds is 5. The van der Waals surface area contributed by atoms with Gasteiger partial charge in [-0.2, -0.15) is 0 Å². The van der Waals surface area contributed by atoms with Gasteiger partial charge in [0.05, 0.1) is 22.9 Å². The fourth-order valence-corrected chi connectivity index (χ4v) is 5.55. The summed E-state index contributed by atoms with van der Waals surface area (Å²) in [5.41, 5.74) is 3.37. The van der Waals surface area contributed by atoms with Gasteiger partial charge in [0.15, 0.2) is 4.34 Å².